The summed E-state index contributed by atoms with van der Waals surface area (Å²) in [7, 11) is 0. The Morgan fingerprint density at radius 2 is 2.07 bits per heavy atom. The maximum absolute atomic E-state index is 12.8. The van der Waals surface area contributed by atoms with Gasteiger partial charge in [-0.15, -0.1) is 10.2 Å². The van der Waals surface area contributed by atoms with E-state index in [1.807, 2.05) is 0 Å². The maximum atomic E-state index is 12.8. The zero-order chi connectivity index (χ0) is 19.3. The van der Waals surface area contributed by atoms with E-state index < -0.39 is 11.7 Å². The van der Waals surface area contributed by atoms with E-state index in [0.717, 1.165) is 12.1 Å². The van der Waals surface area contributed by atoms with Crippen molar-refractivity contribution in [1.82, 2.24) is 30.9 Å². The molecule has 0 saturated carbocycles. The topological polar surface area (TPSA) is 106 Å². The molecule has 0 aliphatic rings. The third-order valence-corrected chi connectivity index (χ3v) is 3.41. The Labute approximate surface area is 150 Å². The highest BCUT2D eigenvalue weighted by molar-refractivity contribution is 5.77. The quantitative estimate of drug-likeness (QED) is 0.682. The number of aromatic amines is 1. The third kappa shape index (κ3) is 5.00. The van der Waals surface area contributed by atoms with Crippen LogP contribution in [0.5, 0.6) is 11.6 Å². The zero-order valence-corrected chi connectivity index (χ0v) is 13.7. The molecule has 140 valence electrons. The van der Waals surface area contributed by atoms with Gasteiger partial charge in [0, 0.05) is 18.3 Å². The Morgan fingerprint density at radius 3 is 2.81 bits per heavy atom. The van der Waals surface area contributed by atoms with E-state index >= 15 is 0 Å². The number of hydrogen-bond acceptors (Lipinski definition) is 6. The number of aromatic nitrogens is 5. The molecule has 1 aromatic carbocycles. The predicted octanol–water partition coefficient (Wildman–Crippen LogP) is 2.26. The van der Waals surface area contributed by atoms with Crippen LogP contribution in [0.4, 0.5) is 13.2 Å². The average Bonchev–Trinajstić information content (AvgIpc) is 3.13. The number of amides is 1. The van der Waals surface area contributed by atoms with E-state index in [1.165, 1.54) is 18.3 Å². The molecule has 2 aromatic heterocycles. The third-order valence-electron chi connectivity index (χ3n) is 3.41. The van der Waals surface area contributed by atoms with E-state index in [9.17, 15) is 18.0 Å². The first-order chi connectivity index (χ1) is 12.9. The minimum Gasteiger partial charge on any atom is -0.439 e. The van der Waals surface area contributed by atoms with Gasteiger partial charge in [0.1, 0.15) is 5.75 Å². The van der Waals surface area contributed by atoms with Crippen molar-refractivity contribution in [3.05, 3.63) is 59.5 Å². The van der Waals surface area contributed by atoms with Crippen molar-refractivity contribution in [2.24, 2.45) is 0 Å². The molecule has 0 aliphatic heterocycles. The fourth-order valence-electron chi connectivity index (χ4n) is 2.16. The number of ether oxygens (including phenoxy) is 1. The Balaban J connectivity index is 1.68. The summed E-state index contributed by atoms with van der Waals surface area (Å²) < 4.78 is 43.9. The number of rotatable bonds is 6. The van der Waals surface area contributed by atoms with Gasteiger partial charge in [0.05, 0.1) is 12.0 Å². The Hall–Kier alpha value is -3.50. The minimum atomic E-state index is -4.48. The number of nitrogens with zero attached hydrogens (tertiary/aromatic N) is 4. The van der Waals surface area contributed by atoms with Crippen LogP contribution in [0.1, 0.15) is 17.0 Å². The van der Waals surface area contributed by atoms with Crippen LogP contribution in [0.3, 0.4) is 0 Å². The van der Waals surface area contributed by atoms with Gasteiger partial charge in [-0.2, -0.15) is 18.4 Å². The molecule has 2 heterocycles. The number of halogens is 3. The number of hydrogen-bond donors (Lipinski definition) is 2. The highest BCUT2D eigenvalue weighted by atomic mass is 19.4. The summed E-state index contributed by atoms with van der Waals surface area (Å²) in [5.41, 5.74) is -0.331. The van der Waals surface area contributed by atoms with E-state index in [4.69, 9.17) is 4.74 Å². The van der Waals surface area contributed by atoms with Crippen LogP contribution < -0.4 is 10.1 Å². The van der Waals surface area contributed by atoms with E-state index in [2.05, 4.69) is 30.9 Å². The molecule has 0 fully saturated rings. The minimum absolute atomic E-state index is 0.0112. The van der Waals surface area contributed by atoms with Crippen molar-refractivity contribution in [1.29, 1.82) is 0 Å². The lowest BCUT2D eigenvalue weighted by Crippen LogP contribution is -2.25. The number of pyridine rings is 1. The highest BCUT2D eigenvalue weighted by Crippen LogP contribution is 2.32. The van der Waals surface area contributed by atoms with Crippen molar-refractivity contribution >= 4 is 5.91 Å². The lowest BCUT2D eigenvalue weighted by Gasteiger charge is -2.12. The number of carbonyl (C=O) groups excluding carboxylic acids is 1. The zero-order valence-electron chi connectivity index (χ0n) is 13.7. The van der Waals surface area contributed by atoms with E-state index in [0.29, 0.717) is 5.56 Å². The van der Waals surface area contributed by atoms with Gasteiger partial charge in [-0.3, -0.25) is 4.79 Å². The molecule has 2 N–H and O–H groups in total. The van der Waals surface area contributed by atoms with Gasteiger partial charge in [-0.25, -0.2) is 4.98 Å². The summed E-state index contributed by atoms with van der Waals surface area (Å²) in [6.45, 7) is 0.0683. The van der Waals surface area contributed by atoms with Gasteiger partial charge in [0.2, 0.25) is 11.8 Å². The molecule has 0 atom stereocenters. The molecule has 8 nitrogen and oxygen atoms in total. The van der Waals surface area contributed by atoms with E-state index in [-0.39, 0.29) is 36.3 Å². The Kier molecular flexibility index (Phi) is 5.29. The fourth-order valence-corrected chi connectivity index (χ4v) is 2.16. The van der Waals surface area contributed by atoms with Crippen molar-refractivity contribution < 1.29 is 22.7 Å². The van der Waals surface area contributed by atoms with Gasteiger partial charge in [0.15, 0.2) is 5.82 Å². The van der Waals surface area contributed by atoms with Crippen molar-refractivity contribution in [2.75, 3.05) is 0 Å². The largest absolute Gasteiger partial charge is 0.439 e. The van der Waals surface area contributed by atoms with E-state index in [1.54, 1.807) is 12.1 Å². The first-order valence-electron chi connectivity index (χ1n) is 7.70. The van der Waals surface area contributed by atoms with Crippen LogP contribution in [0, 0.1) is 0 Å². The lowest BCUT2D eigenvalue weighted by atomic mass is 10.2. The van der Waals surface area contributed by atoms with Crippen LogP contribution in [0.15, 0.2) is 42.6 Å². The molecule has 27 heavy (non-hydrogen) atoms. The van der Waals surface area contributed by atoms with Crippen molar-refractivity contribution in [3.63, 3.8) is 0 Å². The van der Waals surface area contributed by atoms with Crippen LogP contribution >= 0.6 is 0 Å². The van der Waals surface area contributed by atoms with Crippen LogP contribution in [-0.2, 0) is 23.9 Å². The molecule has 0 radical (unpaired) electrons. The van der Waals surface area contributed by atoms with Crippen LogP contribution in [0.2, 0.25) is 0 Å². The predicted molar refractivity (Wildman–Crippen MR) is 85.5 cm³/mol. The number of benzene rings is 1. The highest BCUT2D eigenvalue weighted by Gasteiger charge is 2.30. The molecule has 3 rings (SSSR count). The maximum Gasteiger partial charge on any atom is 0.416 e. The summed E-state index contributed by atoms with van der Waals surface area (Å²) in [5, 5.41) is 15.6. The van der Waals surface area contributed by atoms with Gasteiger partial charge >= 0.3 is 6.18 Å². The Bertz CT molecular complexity index is 915. The summed E-state index contributed by atoms with van der Waals surface area (Å²) in [6, 6.07) is 7.73. The fraction of sp³-hybridized carbons (Fsp3) is 0.188. The molecule has 11 heteroatoms. The molecule has 0 spiro atoms. The average molecular weight is 378 g/mol. The van der Waals surface area contributed by atoms with Crippen molar-refractivity contribution in [2.45, 2.75) is 19.1 Å². The SMILES string of the molecule is O=C(Cc1nn[nH]n1)NCc1cccnc1Oc1cccc(C(F)(F)F)c1. The first kappa shape index (κ1) is 18.3. The molecule has 1 amide bonds. The molecule has 0 bridgehead atoms. The molecular formula is C16H13F3N6O2. The second-order valence-electron chi connectivity index (χ2n) is 5.38. The van der Waals surface area contributed by atoms with Gasteiger partial charge in [0.25, 0.3) is 0 Å². The van der Waals surface area contributed by atoms with Gasteiger partial charge < -0.3 is 10.1 Å². The summed E-state index contributed by atoms with van der Waals surface area (Å²) >= 11 is 0. The monoisotopic (exact) mass is 378 g/mol. The first-order valence-corrected chi connectivity index (χ1v) is 7.70. The van der Waals surface area contributed by atoms with Gasteiger partial charge in [-0.05, 0) is 24.3 Å². The summed E-state index contributed by atoms with van der Waals surface area (Å²) in [4.78, 5) is 15.9. The number of alkyl halides is 3. The molecular weight excluding hydrogens is 365 g/mol. The second kappa shape index (κ2) is 7.81. The number of tetrazole rings is 1. The van der Waals surface area contributed by atoms with Crippen LogP contribution in [0.25, 0.3) is 0 Å². The standard InChI is InChI=1S/C16H13F3N6O2/c17-16(18,19)11-4-1-5-12(7-11)27-15-10(3-2-6-20-15)9-21-14(26)8-13-22-24-25-23-13/h1-7H,8-9H2,(H,21,26)(H,22,23,24,25). The van der Waals surface area contributed by atoms with Crippen LogP contribution in [-0.4, -0.2) is 31.5 Å². The summed E-state index contributed by atoms with van der Waals surface area (Å²) in [5.74, 6) is -0.0380. The number of nitrogens with one attached hydrogen (secondary N) is 2. The molecule has 0 saturated heterocycles. The lowest BCUT2D eigenvalue weighted by molar-refractivity contribution is -0.137. The number of carbonyl (C=O) groups is 1. The summed E-state index contributed by atoms with van der Waals surface area (Å²) in [6.07, 6.45) is -3.11. The van der Waals surface area contributed by atoms with Crippen molar-refractivity contribution in [3.8, 4) is 11.6 Å². The normalized spacial score (nSPS) is 11.2. The Morgan fingerprint density at radius 1 is 1.22 bits per heavy atom. The molecule has 3 aromatic rings. The molecule has 0 unspecified atom stereocenters. The second-order valence-corrected chi connectivity index (χ2v) is 5.38. The van der Waals surface area contributed by atoms with Gasteiger partial charge in [-0.1, -0.05) is 17.3 Å². The smallest absolute Gasteiger partial charge is 0.416 e. The number of H-pyrrole nitrogens is 1. The molecule has 0 aliphatic carbocycles.